The Morgan fingerprint density at radius 3 is 2.93 bits per heavy atom. The van der Waals surface area contributed by atoms with Gasteiger partial charge >= 0.3 is 0 Å². The second-order valence-electron chi connectivity index (χ2n) is 4.41. The molecule has 0 aliphatic carbocycles. The molecule has 0 radical (unpaired) electrons. The average molecular weight is 208 g/mol. The highest BCUT2D eigenvalue weighted by Gasteiger charge is 2.17. The molecule has 0 saturated carbocycles. The minimum absolute atomic E-state index is 0.177. The van der Waals surface area contributed by atoms with Gasteiger partial charge in [-0.25, -0.2) is 4.39 Å². The molecule has 1 unspecified atom stereocenters. The van der Waals surface area contributed by atoms with Crippen LogP contribution in [0.3, 0.4) is 0 Å². The predicted octanol–water partition coefficient (Wildman–Crippen LogP) is 2.37. The molecule has 0 spiro atoms. The summed E-state index contributed by atoms with van der Waals surface area (Å²) in [6.45, 7) is 6.05. The van der Waals surface area contributed by atoms with Gasteiger partial charge in [-0.15, -0.1) is 0 Å². The van der Waals surface area contributed by atoms with Crippen LogP contribution in [0, 0.1) is 11.7 Å². The highest BCUT2D eigenvalue weighted by Crippen LogP contribution is 2.20. The largest absolute Gasteiger partial charge is 0.383 e. The van der Waals surface area contributed by atoms with Crippen molar-refractivity contribution >= 4 is 5.69 Å². The molecule has 1 aliphatic heterocycles. The zero-order valence-corrected chi connectivity index (χ0v) is 9.18. The summed E-state index contributed by atoms with van der Waals surface area (Å²) in [4.78, 5) is 0. The minimum atomic E-state index is -0.177. The summed E-state index contributed by atoms with van der Waals surface area (Å²) < 4.78 is 13.0. The molecule has 1 aliphatic rings. The highest BCUT2D eigenvalue weighted by molar-refractivity contribution is 5.52. The van der Waals surface area contributed by atoms with Crippen LogP contribution in [0.5, 0.6) is 0 Å². The van der Waals surface area contributed by atoms with Gasteiger partial charge in [-0.05, 0) is 23.6 Å². The van der Waals surface area contributed by atoms with E-state index in [1.54, 1.807) is 6.07 Å². The fraction of sp³-hybridized carbons (Fsp3) is 0.500. The lowest BCUT2D eigenvalue weighted by molar-refractivity contribution is 0.419. The van der Waals surface area contributed by atoms with Gasteiger partial charge in [0.1, 0.15) is 5.82 Å². The smallest absolute Gasteiger partial charge is 0.125 e. The molecule has 2 nitrogen and oxygen atoms in total. The van der Waals surface area contributed by atoms with Crippen LogP contribution in [0.15, 0.2) is 18.2 Å². The van der Waals surface area contributed by atoms with Crippen molar-refractivity contribution in [1.82, 2.24) is 5.32 Å². The molecule has 0 amide bonds. The maximum absolute atomic E-state index is 13.0. The van der Waals surface area contributed by atoms with E-state index in [0.29, 0.717) is 12.0 Å². The van der Waals surface area contributed by atoms with E-state index in [-0.39, 0.29) is 5.82 Å². The molecule has 82 valence electrons. The molecule has 1 aromatic carbocycles. The van der Waals surface area contributed by atoms with Crippen LogP contribution >= 0.6 is 0 Å². The molecule has 1 heterocycles. The first kappa shape index (κ1) is 10.4. The number of rotatable bonds is 1. The van der Waals surface area contributed by atoms with Gasteiger partial charge in [0, 0.05) is 24.8 Å². The number of hydrogen-bond donors (Lipinski definition) is 2. The van der Waals surface area contributed by atoms with Crippen molar-refractivity contribution in [3.8, 4) is 0 Å². The first-order valence-electron chi connectivity index (χ1n) is 5.42. The highest BCUT2D eigenvalue weighted by atomic mass is 19.1. The SMILES string of the molecule is CC(C)C1CNc2cc(F)ccc2CN1. The molecule has 2 N–H and O–H groups in total. The Kier molecular flexibility index (Phi) is 2.91. The molecule has 3 heteroatoms. The van der Waals surface area contributed by atoms with Gasteiger partial charge in [-0.1, -0.05) is 19.9 Å². The first-order valence-corrected chi connectivity index (χ1v) is 5.42. The van der Waals surface area contributed by atoms with Crippen molar-refractivity contribution in [2.45, 2.75) is 26.4 Å². The summed E-state index contributed by atoms with van der Waals surface area (Å²) in [5, 5.41) is 6.77. The number of anilines is 1. The number of halogens is 1. The first-order chi connectivity index (χ1) is 7.16. The molecular weight excluding hydrogens is 191 g/mol. The van der Waals surface area contributed by atoms with Gasteiger partial charge in [0.2, 0.25) is 0 Å². The van der Waals surface area contributed by atoms with Crippen molar-refractivity contribution in [3.05, 3.63) is 29.6 Å². The average Bonchev–Trinajstić information content (AvgIpc) is 2.39. The van der Waals surface area contributed by atoms with Crippen LogP contribution in [0.4, 0.5) is 10.1 Å². The maximum atomic E-state index is 13.0. The number of nitrogens with one attached hydrogen (secondary N) is 2. The van der Waals surface area contributed by atoms with Crippen molar-refractivity contribution in [1.29, 1.82) is 0 Å². The van der Waals surface area contributed by atoms with Gasteiger partial charge in [-0.3, -0.25) is 0 Å². The second-order valence-corrected chi connectivity index (χ2v) is 4.41. The van der Waals surface area contributed by atoms with E-state index in [9.17, 15) is 4.39 Å². The quantitative estimate of drug-likeness (QED) is 0.740. The zero-order valence-electron chi connectivity index (χ0n) is 9.18. The van der Waals surface area contributed by atoms with Gasteiger partial charge in [-0.2, -0.15) is 0 Å². The lowest BCUT2D eigenvalue weighted by Gasteiger charge is -2.19. The summed E-state index contributed by atoms with van der Waals surface area (Å²) in [5.41, 5.74) is 2.06. The minimum Gasteiger partial charge on any atom is -0.383 e. The third-order valence-corrected chi connectivity index (χ3v) is 2.94. The molecule has 0 saturated heterocycles. The predicted molar refractivity (Wildman–Crippen MR) is 60.4 cm³/mol. The van der Waals surface area contributed by atoms with Gasteiger partial charge in [0.05, 0.1) is 0 Å². The van der Waals surface area contributed by atoms with Crippen molar-refractivity contribution in [3.63, 3.8) is 0 Å². The van der Waals surface area contributed by atoms with Crippen LogP contribution in [0.25, 0.3) is 0 Å². The van der Waals surface area contributed by atoms with E-state index in [1.165, 1.54) is 6.07 Å². The standard InChI is InChI=1S/C12H17FN2/c1-8(2)12-7-15-11-5-10(13)4-3-9(11)6-14-12/h3-5,8,12,14-15H,6-7H2,1-2H3. The third-order valence-electron chi connectivity index (χ3n) is 2.94. The van der Waals surface area contributed by atoms with Gasteiger partial charge in [0.25, 0.3) is 0 Å². The molecule has 0 aromatic heterocycles. The van der Waals surface area contributed by atoms with Crippen molar-refractivity contribution in [2.75, 3.05) is 11.9 Å². The van der Waals surface area contributed by atoms with Crippen LogP contribution in [0.2, 0.25) is 0 Å². The Morgan fingerprint density at radius 2 is 2.20 bits per heavy atom. The summed E-state index contributed by atoms with van der Waals surface area (Å²) in [7, 11) is 0. The summed E-state index contributed by atoms with van der Waals surface area (Å²) >= 11 is 0. The molecule has 1 aromatic rings. The third kappa shape index (κ3) is 2.29. The van der Waals surface area contributed by atoms with Crippen LogP contribution in [-0.4, -0.2) is 12.6 Å². The monoisotopic (exact) mass is 208 g/mol. The Morgan fingerprint density at radius 1 is 1.40 bits per heavy atom. The summed E-state index contributed by atoms with van der Waals surface area (Å²) in [6, 6.07) is 5.37. The molecule has 15 heavy (non-hydrogen) atoms. The van der Waals surface area contributed by atoms with E-state index in [4.69, 9.17) is 0 Å². The van der Waals surface area contributed by atoms with E-state index in [1.807, 2.05) is 6.07 Å². The molecule has 1 atom stereocenters. The lowest BCUT2D eigenvalue weighted by Crippen LogP contribution is -2.37. The van der Waals surface area contributed by atoms with E-state index < -0.39 is 0 Å². The maximum Gasteiger partial charge on any atom is 0.125 e. The van der Waals surface area contributed by atoms with E-state index >= 15 is 0 Å². The van der Waals surface area contributed by atoms with Crippen molar-refractivity contribution in [2.24, 2.45) is 5.92 Å². The Balaban J connectivity index is 2.18. The molecule has 2 rings (SSSR count). The summed E-state index contributed by atoms with van der Waals surface area (Å²) in [5.74, 6) is 0.404. The molecule has 0 bridgehead atoms. The fourth-order valence-corrected chi connectivity index (χ4v) is 1.87. The Hall–Kier alpha value is -1.09. The topological polar surface area (TPSA) is 24.1 Å². The van der Waals surface area contributed by atoms with Crippen molar-refractivity contribution < 1.29 is 4.39 Å². The van der Waals surface area contributed by atoms with Crippen LogP contribution < -0.4 is 10.6 Å². The van der Waals surface area contributed by atoms with Crippen LogP contribution in [-0.2, 0) is 6.54 Å². The second kappa shape index (κ2) is 4.19. The normalized spacial score (nSPS) is 20.7. The fourth-order valence-electron chi connectivity index (χ4n) is 1.87. The lowest BCUT2D eigenvalue weighted by atomic mass is 10.1. The van der Waals surface area contributed by atoms with Crippen LogP contribution in [0.1, 0.15) is 19.4 Å². The Labute approximate surface area is 89.9 Å². The van der Waals surface area contributed by atoms with Gasteiger partial charge < -0.3 is 10.6 Å². The molecular formula is C12H17FN2. The molecule has 0 fully saturated rings. The van der Waals surface area contributed by atoms with Gasteiger partial charge in [0.15, 0.2) is 0 Å². The summed E-state index contributed by atoms with van der Waals surface area (Å²) in [6.07, 6.45) is 0. The number of fused-ring (bicyclic) bond motifs is 1. The number of hydrogen-bond acceptors (Lipinski definition) is 2. The number of benzene rings is 1. The zero-order chi connectivity index (χ0) is 10.8. The Bertz CT molecular complexity index is 349. The van der Waals surface area contributed by atoms with E-state index in [2.05, 4.69) is 24.5 Å². The van der Waals surface area contributed by atoms with E-state index in [0.717, 1.165) is 24.3 Å².